The van der Waals surface area contributed by atoms with Gasteiger partial charge in [-0.05, 0) is 38.1 Å². The molecule has 0 fully saturated rings. The number of carboxylic acids is 1. The fourth-order valence-corrected chi connectivity index (χ4v) is 2.92. The van der Waals surface area contributed by atoms with Gasteiger partial charge in [0.1, 0.15) is 18.1 Å². The van der Waals surface area contributed by atoms with Crippen LogP contribution in [0.2, 0.25) is 0 Å². The van der Waals surface area contributed by atoms with Gasteiger partial charge in [-0.2, -0.15) is 0 Å². The SMILES string of the molecule is CC(C)C(NC(=O)C(CC(N)=O)NC(=O)C(CCCCN)NC(=O)C(N)CCC(N)=O)C(=O)O. The summed E-state index contributed by atoms with van der Waals surface area (Å²) in [5.74, 6) is -5.74. The third-order valence-corrected chi connectivity index (χ3v) is 4.89. The first-order valence-electron chi connectivity index (χ1n) is 11.0. The molecule has 4 atom stereocenters. The maximum Gasteiger partial charge on any atom is 0.326 e. The van der Waals surface area contributed by atoms with E-state index in [2.05, 4.69) is 16.0 Å². The minimum atomic E-state index is -1.47. The van der Waals surface area contributed by atoms with Crippen LogP contribution in [-0.4, -0.2) is 71.3 Å². The number of carbonyl (C=O) groups excluding carboxylic acids is 5. The molecule has 14 nitrogen and oxygen atoms in total. The predicted molar refractivity (Wildman–Crippen MR) is 121 cm³/mol. The standard InChI is InChI=1S/C20H37N7O7/c1-10(2)16(20(33)34)27-19(32)13(9-15(24)29)26-18(31)12(5-3-4-8-21)25-17(30)11(22)6-7-14(23)28/h10-13,16H,3-9,21-22H2,1-2H3,(H2,23,28)(H2,24,29)(H,25,30)(H,26,31)(H,27,32)(H,33,34). The molecule has 0 aliphatic rings. The molecule has 0 rings (SSSR count). The number of primary amides is 2. The molecule has 0 heterocycles. The second-order valence-electron chi connectivity index (χ2n) is 8.26. The number of carboxylic acid groups (broad SMARTS) is 1. The smallest absolute Gasteiger partial charge is 0.326 e. The average molecular weight is 488 g/mol. The summed E-state index contributed by atoms with van der Waals surface area (Å²) in [6.45, 7) is 3.50. The molecule has 0 spiro atoms. The topological polar surface area (TPSA) is 263 Å². The molecule has 0 bridgehead atoms. The zero-order chi connectivity index (χ0) is 26.4. The molecule has 0 aromatic heterocycles. The lowest BCUT2D eigenvalue weighted by molar-refractivity contribution is -0.143. The van der Waals surface area contributed by atoms with Gasteiger partial charge in [0.2, 0.25) is 29.5 Å². The van der Waals surface area contributed by atoms with Crippen molar-refractivity contribution >= 4 is 35.5 Å². The monoisotopic (exact) mass is 487 g/mol. The molecular weight excluding hydrogens is 450 g/mol. The fraction of sp³-hybridized carbons (Fsp3) is 0.700. The lowest BCUT2D eigenvalue weighted by Crippen LogP contribution is -2.58. The second-order valence-corrected chi connectivity index (χ2v) is 8.26. The van der Waals surface area contributed by atoms with Gasteiger partial charge < -0.3 is 44.0 Å². The van der Waals surface area contributed by atoms with Crippen molar-refractivity contribution < 1.29 is 33.9 Å². The number of nitrogens with one attached hydrogen (secondary N) is 3. The van der Waals surface area contributed by atoms with Crippen LogP contribution in [0, 0.1) is 5.92 Å². The molecule has 14 heteroatoms. The summed E-state index contributed by atoms with van der Waals surface area (Å²) < 4.78 is 0. The van der Waals surface area contributed by atoms with E-state index >= 15 is 0 Å². The molecule has 0 aliphatic carbocycles. The number of hydrogen-bond donors (Lipinski definition) is 8. The van der Waals surface area contributed by atoms with E-state index in [1.807, 2.05) is 0 Å². The summed E-state index contributed by atoms with van der Waals surface area (Å²) in [6, 6.07) is -4.97. The normalized spacial score (nSPS) is 14.4. The van der Waals surface area contributed by atoms with E-state index in [0.717, 1.165) is 0 Å². The van der Waals surface area contributed by atoms with E-state index in [0.29, 0.717) is 19.4 Å². The van der Waals surface area contributed by atoms with Crippen LogP contribution >= 0.6 is 0 Å². The number of aliphatic carboxylic acids is 1. The third-order valence-electron chi connectivity index (χ3n) is 4.89. The lowest BCUT2D eigenvalue weighted by atomic mass is 10.0. The minimum Gasteiger partial charge on any atom is -0.480 e. The van der Waals surface area contributed by atoms with Crippen LogP contribution in [0.5, 0.6) is 0 Å². The molecule has 4 unspecified atom stereocenters. The third kappa shape index (κ3) is 12.1. The molecule has 5 amide bonds. The Kier molecular flexibility index (Phi) is 14.1. The van der Waals surface area contributed by atoms with Gasteiger partial charge in [0.15, 0.2) is 0 Å². The summed E-state index contributed by atoms with van der Waals surface area (Å²) >= 11 is 0. The van der Waals surface area contributed by atoms with Crippen molar-refractivity contribution in [1.82, 2.24) is 16.0 Å². The van der Waals surface area contributed by atoms with E-state index in [1.165, 1.54) is 0 Å². The summed E-state index contributed by atoms with van der Waals surface area (Å²) in [4.78, 5) is 71.7. The molecule has 0 saturated carbocycles. The molecule has 194 valence electrons. The van der Waals surface area contributed by atoms with Crippen LogP contribution in [0.1, 0.15) is 52.4 Å². The largest absolute Gasteiger partial charge is 0.480 e. The van der Waals surface area contributed by atoms with Gasteiger partial charge in [-0.15, -0.1) is 0 Å². The van der Waals surface area contributed by atoms with E-state index < -0.39 is 72.0 Å². The Balaban J connectivity index is 5.50. The van der Waals surface area contributed by atoms with Crippen LogP contribution in [0.4, 0.5) is 0 Å². The summed E-state index contributed by atoms with van der Waals surface area (Å²) in [7, 11) is 0. The van der Waals surface area contributed by atoms with Crippen molar-refractivity contribution in [3.8, 4) is 0 Å². The van der Waals surface area contributed by atoms with Crippen molar-refractivity contribution in [2.45, 2.75) is 76.5 Å². The molecular formula is C20H37N7O7. The highest BCUT2D eigenvalue weighted by molar-refractivity contribution is 5.96. The van der Waals surface area contributed by atoms with Gasteiger partial charge in [-0.1, -0.05) is 13.8 Å². The zero-order valence-corrected chi connectivity index (χ0v) is 19.5. The van der Waals surface area contributed by atoms with Crippen LogP contribution in [0.25, 0.3) is 0 Å². The minimum absolute atomic E-state index is 0.0310. The summed E-state index contributed by atoms with van der Waals surface area (Å²) in [5, 5.41) is 16.4. The van der Waals surface area contributed by atoms with E-state index in [9.17, 15) is 33.9 Å². The zero-order valence-electron chi connectivity index (χ0n) is 19.5. The maximum absolute atomic E-state index is 12.9. The van der Waals surface area contributed by atoms with Crippen LogP contribution < -0.4 is 38.9 Å². The molecule has 12 N–H and O–H groups in total. The number of amides is 5. The number of rotatable bonds is 17. The number of carbonyl (C=O) groups is 6. The van der Waals surface area contributed by atoms with Gasteiger partial charge >= 0.3 is 5.97 Å². The molecule has 0 aliphatic heterocycles. The Hall–Kier alpha value is -3.26. The van der Waals surface area contributed by atoms with Crippen molar-refractivity contribution in [3.05, 3.63) is 0 Å². The van der Waals surface area contributed by atoms with Gasteiger partial charge in [0, 0.05) is 6.42 Å². The Morgan fingerprint density at radius 3 is 1.82 bits per heavy atom. The Morgan fingerprint density at radius 1 is 0.794 bits per heavy atom. The van der Waals surface area contributed by atoms with Gasteiger partial charge in [0.05, 0.1) is 12.5 Å². The number of unbranched alkanes of at least 4 members (excludes halogenated alkanes) is 1. The van der Waals surface area contributed by atoms with Crippen LogP contribution in [-0.2, 0) is 28.8 Å². The first-order chi connectivity index (χ1) is 15.8. The van der Waals surface area contributed by atoms with E-state index in [4.69, 9.17) is 22.9 Å². The van der Waals surface area contributed by atoms with Crippen molar-refractivity contribution in [3.63, 3.8) is 0 Å². The molecule has 0 aromatic rings. The molecule has 0 aromatic carbocycles. The molecule has 0 radical (unpaired) electrons. The molecule has 34 heavy (non-hydrogen) atoms. The predicted octanol–water partition coefficient (Wildman–Crippen LogP) is -3.22. The molecule has 0 saturated heterocycles. The Bertz CT molecular complexity index is 745. The maximum atomic E-state index is 12.9. The lowest BCUT2D eigenvalue weighted by Gasteiger charge is -2.25. The Labute approximate surface area is 197 Å². The van der Waals surface area contributed by atoms with Gasteiger partial charge in [0.25, 0.3) is 0 Å². The first-order valence-corrected chi connectivity index (χ1v) is 11.0. The highest BCUT2D eigenvalue weighted by Crippen LogP contribution is 2.06. The van der Waals surface area contributed by atoms with Crippen LogP contribution in [0.15, 0.2) is 0 Å². The highest BCUT2D eigenvalue weighted by Gasteiger charge is 2.32. The first kappa shape index (κ1) is 30.7. The van der Waals surface area contributed by atoms with Crippen LogP contribution in [0.3, 0.4) is 0 Å². The fourth-order valence-electron chi connectivity index (χ4n) is 2.92. The van der Waals surface area contributed by atoms with Crippen molar-refractivity contribution in [2.75, 3.05) is 6.54 Å². The second kappa shape index (κ2) is 15.6. The highest BCUT2D eigenvalue weighted by atomic mass is 16.4. The summed E-state index contributed by atoms with van der Waals surface area (Å²) in [6.07, 6.45) is 0.395. The summed E-state index contributed by atoms with van der Waals surface area (Å²) in [5.41, 5.74) is 21.5. The van der Waals surface area contributed by atoms with E-state index in [-0.39, 0.29) is 19.3 Å². The van der Waals surface area contributed by atoms with Gasteiger partial charge in [-0.25, -0.2) is 4.79 Å². The number of nitrogens with two attached hydrogens (primary N) is 4. The average Bonchev–Trinajstić information content (AvgIpc) is 2.73. The quantitative estimate of drug-likeness (QED) is 0.0957. The van der Waals surface area contributed by atoms with Crippen molar-refractivity contribution in [1.29, 1.82) is 0 Å². The van der Waals surface area contributed by atoms with E-state index in [1.54, 1.807) is 13.8 Å². The number of hydrogen-bond acceptors (Lipinski definition) is 8. The van der Waals surface area contributed by atoms with Crippen molar-refractivity contribution in [2.24, 2.45) is 28.9 Å². The van der Waals surface area contributed by atoms with Gasteiger partial charge in [-0.3, -0.25) is 24.0 Å². The Morgan fingerprint density at radius 2 is 1.35 bits per heavy atom.